The molecule has 2 heterocycles. The summed E-state index contributed by atoms with van der Waals surface area (Å²) >= 11 is 0. The van der Waals surface area contributed by atoms with Crippen LogP contribution in [0, 0.1) is 0 Å². The van der Waals surface area contributed by atoms with Crippen LogP contribution in [0.4, 0.5) is 0 Å². The minimum Gasteiger partial charge on any atom is -0.339 e. The van der Waals surface area contributed by atoms with Crippen LogP contribution in [0.2, 0.25) is 0 Å². The molecule has 0 fully saturated rings. The van der Waals surface area contributed by atoms with Gasteiger partial charge in [-0.15, -0.1) is 0 Å². The Kier molecular flexibility index (Phi) is 3.48. The first kappa shape index (κ1) is 11.7. The van der Waals surface area contributed by atoms with Crippen molar-refractivity contribution in [3.05, 3.63) is 12.1 Å². The lowest BCUT2D eigenvalue weighted by Crippen LogP contribution is -2.28. The highest BCUT2D eigenvalue weighted by atomic mass is 16.5. The molecule has 2 aromatic rings. The number of hydrogen-bond donors (Lipinski definition) is 2. The predicted octanol–water partition coefficient (Wildman–Crippen LogP) is 0.956. The van der Waals surface area contributed by atoms with Crippen molar-refractivity contribution in [2.45, 2.75) is 32.2 Å². The maximum atomic E-state index is 5.28. The van der Waals surface area contributed by atoms with Crippen molar-refractivity contribution in [1.29, 1.82) is 0 Å². The molecule has 2 atom stereocenters. The Hall–Kier alpha value is -1.76. The van der Waals surface area contributed by atoms with Crippen LogP contribution in [0.15, 0.2) is 10.7 Å². The normalized spacial score (nSPS) is 14.8. The van der Waals surface area contributed by atoms with E-state index in [0.29, 0.717) is 17.4 Å². The van der Waals surface area contributed by atoms with Crippen molar-refractivity contribution >= 4 is 0 Å². The first-order chi connectivity index (χ1) is 8.26. The molecule has 17 heavy (non-hydrogen) atoms. The molecule has 7 heteroatoms. The van der Waals surface area contributed by atoms with E-state index in [-0.39, 0.29) is 12.0 Å². The van der Waals surface area contributed by atoms with E-state index in [1.165, 1.54) is 0 Å². The third-order valence-electron chi connectivity index (χ3n) is 2.90. The van der Waals surface area contributed by atoms with Crippen molar-refractivity contribution in [2.75, 3.05) is 7.05 Å². The molecular weight excluding hydrogens is 220 g/mol. The van der Waals surface area contributed by atoms with E-state index in [1.807, 2.05) is 7.05 Å². The van der Waals surface area contributed by atoms with Crippen molar-refractivity contribution in [3.63, 3.8) is 0 Å². The monoisotopic (exact) mass is 236 g/mol. The molecule has 0 spiro atoms. The number of nitrogens with one attached hydrogen (secondary N) is 2. The largest absolute Gasteiger partial charge is 0.339 e. The van der Waals surface area contributed by atoms with Gasteiger partial charge in [0.25, 0.3) is 0 Å². The fourth-order valence-electron chi connectivity index (χ4n) is 1.74. The second-order valence-electron chi connectivity index (χ2n) is 3.90. The summed E-state index contributed by atoms with van der Waals surface area (Å²) in [5, 5.41) is 17.3. The Balaban J connectivity index is 2.22. The molecule has 0 saturated carbocycles. The summed E-state index contributed by atoms with van der Waals surface area (Å²) in [5.74, 6) is 1.30. The van der Waals surface area contributed by atoms with E-state index >= 15 is 0 Å². The molecule has 2 rings (SSSR count). The number of nitrogens with zero attached hydrogens (tertiary/aromatic N) is 4. The predicted molar refractivity (Wildman–Crippen MR) is 61.2 cm³/mol. The minimum absolute atomic E-state index is 0.202. The van der Waals surface area contributed by atoms with Crippen molar-refractivity contribution in [1.82, 2.24) is 30.9 Å². The summed E-state index contributed by atoms with van der Waals surface area (Å²) in [6.07, 6.45) is 2.50. The number of hydrogen-bond acceptors (Lipinski definition) is 6. The Morgan fingerprint density at radius 2 is 2.35 bits per heavy atom. The first-order valence-electron chi connectivity index (χ1n) is 5.63. The summed E-state index contributed by atoms with van der Waals surface area (Å²) in [6.45, 7) is 4.19. The van der Waals surface area contributed by atoms with Crippen LogP contribution in [-0.4, -0.2) is 38.6 Å². The lowest BCUT2D eigenvalue weighted by atomic mass is 9.98. The third kappa shape index (κ3) is 2.33. The Morgan fingerprint density at radius 3 is 2.94 bits per heavy atom. The van der Waals surface area contributed by atoms with Gasteiger partial charge in [-0.1, -0.05) is 12.1 Å². The van der Waals surface area contributed by atoms with Gasteiger partial charge >= 0.3 is 0 Å². The van der Waals surface area contributed by atoms with E-state index < -0.39 is 0 Å². The van der Waals surface area contributed by atoms with E-state index in [2.05, 4.69) is 44.7 Å². The molecule has 0 saturated heterocycles. The first-order valence-corrected chi connectivity index (χ1v) is 5.63. The maximum absolute atomic E-state index is 5.28. The Bertz CT molecular complexity index is 451. The highest BCUT2D eigenvalue weighted by molar-refractivity contribution is 5.44. The van der Waals surface area contributed by atoms with Gasteiger partial charge in [0.05, 0.1) is 12.1 Å². The summed E-state index contributed by atoms with van der Waals surface area (Å²) in [6, 6.07) is 0.283. The molecule has 2 N–H and O–H groups in total. The summed E-state index contributed by atoms with van der Waals surface area (Å²) < 4.78 is 5.28. The van der Waals surface area contributed by atoms with Gasteiger partial charge in [-0.25, -0.2) is 0 Å². The molecule has 0 bridgehead atoms. The molecule has 0 aliphatic rings. The quantitative estimate of drug-likeness (QED) is 0.803. The van der Waals surface area contributed by atoms with Crippen LogP contribution in [0.5, 0.6) is 0 Å². The smallest absolute Gasteiger partial charge is 0.231 e. The van der Waals surface area contributed by atoms with Crippen LogP contribution < -0.4 is 5.32 Å². The van der Waals surface area contributed by atoms with Crippen LogP contribution >= 0.6 is 0 Å². The van der Waals surface area contributed by atoms with Gasteiger partial charge < -0.3 is 9.84 Å². The van der Waals surface area contributed by atoms with E-state index in [1.54, 1.807) is 6.20 Å². The van der Waals surface area contributed by atoms with Crippen molar-refractivity contribution in [2.24, 2.45) is 0 Å². The summed E-state index contributed by atoms with van der Waals surface area (Å²) in [7, 11) is 1.92. The lowest BCUT2D eigenvalue weighted by Gasteiger charge is -2.17. The molecule has 0 amide bonds. The molecule has 0 aliphatic carbocycles. The molecular formula is C10H16N6O. The van der Waals surface area contributed by atoms with Crippen LogP contribution in [0.25, 0.3) is 11.5 Å². The number of H-pyrrole nitrogens is 1. The fraction of sp³-hybridized carbons (Fsp3) is 0.600. The highest BCUT2D eigenvalue weighted by Crippen LogP contribution is 2.23. The van der Waals surface area contributed by atoms with Crippen LogP contribution in [-0.2, 0) is 0 Å². The summed E-state index contributed by atoms with van der Waals surface area (Å²) in [5.41, 5.74) is 0.590. The number of rotatable bonds is 5. The zero-order chi connectivity index (χ0) is 12.3. The average Bonchev–Trinajstić information content (AvgIpc) is 2.99. The number of aromatic amines is 1. The minimum atomic E-state index is 0.202. The van der Waals surface area contributed by atoms with Crippen molar-refractivity contribution < 1.29 is 4.52 Å². The Labute approximate surface area is 99.0 Å². The zero-order valence-electron chi connectivity index (χ0n) is 10.1. The van der Waals surface area contributed by atoms with Crippen LogP contribution in [0.1, 0.15) is 32.1 Å². The van der Waals surface area contributed by atoms with Gasteiger partial charge in [0, 0.05) is 6.04 Å². The molecule has 0 radical (unpaired) electrons. The molecule has 0 aliphatic heterocycles. The maximum Gasteiger partial charge on any atom is 0.231 e. The topological polar surface area (TPSA) is 92.5 Å². The lowest BCUT2D eigenvalue weighted by molar-refractivity contribution is 0.322. The third-order valence-corrected chi connectivity index (χ3v) is 2.90. The number of aromatic nitrogens is 5. The van der Waals surface area contributed by atoms with Crippen molar-refractivity contribution in [3.8, 4) is 11.5 Å². The second kappa shape index (κ2) is 5.05. The zero-order valence-corrected chi connectivity index (χ0v) is 10.1. The van der Waals surface area contributed by atoms with E-state index in [9.17, 15) is 0 Å². The van der Waals surface area contributed by atoms with Gasteiger partial charge in [0.15, 0.2) is 5.69 Å². The molecule has 0 aromatic carbocycles. The second-order valence-corrected chi connectivity index (χ2v) is 3.90. The molecule has 7 nitrogen and oxygen atoms in total. The van der Waals surface area contributed by atoms with Crippen LogP contribution in [0.3, 0.4) is 0 Å². The van der Waals surface area contributed by atoms with Gasteiger partial charge in [0.2, 0.25) is 11.7 Å². The van der Waals surface area contributed by atoms with Gasteiger partial charge in [-0.3, -0.25) is 0 Å². The van der Waals surface area contributed by atoms with Gasteiger partial charge in [-0.2, -0.15) is 20.4 Å². The average molecular weight is 236 g/mol. The van der Waals surface area contributed by atoms with E-state index in [0.717, 1.165) is 6.42 Å². The standard InChI is InChI=1S/C10H16N6O/c1-4-7(6(2)11-3)10-13-9(15-17-10)8-5-12-16-14-8/h5-7,11H,4H2,1-3H3,(H,12,14,16). The molecule has 92 valence electrons. The molecule has 2 unspecified atom stereocenters. The SMILES string of the molecule is CCC(c1nc(-c2cn[nH]n2)no1)C(C)NC. The summed E-state index contributed by atoms with van der Waals surface area (Å²) in [4.78, 5) is 4.35. The number of likely N-dealkylation sites (N-methyl/N-ethyl adjacent to an activating group) is 1. The fourth-order valence-corrected chi connectivity index (χ4v) is 1.74. The van der Waals surface area contributed by atoms with E-state index in [4.69, 9.17) is 4.52 Å². The highest BCUT2D eigenvalue weighted by Gasteiger charge is 2.23. The van der Waals surface area contributed by atoms with Gasteiger partial charge in [0.1, 0.15) is 0 Å². The Morgan fingerprint density at radius 1 is 1.53 bits per heavy atom. The van der Waals surface area contributed by atoms with Gasteiger partial charge in [-0.05, 0) is 20.4 Å². The molecule has 2 aromatic heterocycles.